The predicted molar refractivity (Wildman–Crippen MR) is 45.1 cm³/mol. The molecule has 0 saturated carbocycles. The van der Waals surface area contributed by atoms with Crippen LogP contribution >= 0.6 is 15.9 Å². The Morgan fingerprint density at radius 1 is 1.64 bits per heavy atom. The zero-order valence-corrected chi connectivity index (χ0v) is 7.35. The normalized spacial score (nSPS) is 15.9. The highest BCUT2D eigenvalue weighted by molar-refractivity contribution is 9.14. The average Bonchev–Trinajstić information content (AvgIpc) is 2.31. The van der Waals surface area contributed by atoms with Crippen molar-refractivity contribution in [1.82, 2.24) is 4.98 Å². The molecule has 0 fully saturated rings. The second kappa shape index (κ2) is 2.37. The Morgan fingerprint density at radius 2 is 2.45 bits per heavy atom. The van der Waals surface area contributed by atoms with Gasteiger partial charge in [0.25, 0.3) is 0 Å². The average molecular weight is 215 g/mol. The van der Waals surface area contributed by atoms with Gasteiger partial charge in [-0.2, -0.15) is 0 Å². The lowest BCUT2D eigenvalue weighted by Crippen LogP contribution is -2.27. The van der Waals surface area contributed by atoms with Crippen molar-refractivity contribution in [3.8, 4) is 5.88 Å². The Morgan fingerprint density at radius 3 is 3.18 bits per heavy atom. The molecule has 1 aromatic heterocycles. The molecule has 0 saturated heterocycles. The van der Waals surface area contributed by atoms with Crippen molar-refractivity contribution in [3.05, 3.63) is 16.8 Å². The summed E-state index contributed by atoms with van der Waals surface area (Å²) in [6, 6.07) is 1.63. The monoisotopic (exact) mass is 214 g/mol. The second-order valence-corrected chi connectivity index (χ2v) is 3.41. The Balaban J connectivity index is 2.88. The molecule has 0 aliphatic carbocycles. The highest BCUT2D eigenvalue weighted by Gasteiger charge is 2.04. The van der Waals surface area contributed by atoms with E-state index in [9.17, 15) is 0 Å². The number of nitrogens with one attached hydrogen (secondary N) is 1. The molecule has 2 N–H and O–H groups in total. The van der Waals surface area contributed by atoms with Crippen LogP contribution in [0, 0.1) is 0 Å². The Kier molecular flexibility index (Phi) is 1.49. The summed E-state index contributed by atoms with van der Waals surface area (Å²) in [4.78, 5) is 7.05. The van der Waals surface area contributed by atoms with Crippen LogP contribution < -0.4 is 10.7 Å². The number of hydrogen-bond donors (Lipinski definition) is 2. The molecular formula is C7H7BrN2O. The molecule has 0 atom stereocenters. The number of aromatic hydroxyl groups is 1. The molecule has 0 aromatic carbocycles. The Labute approximate surface area is 71.6 Å². The van der Waals surface area contributed by atoms with Gasteiger partial charge in [0.1, 0.15) is 0 Å². The number of rotatable bonds is 0. The van der Waals surface area contributed by atoms with Crippen LogP contribution in [-0.4, -0.2) is 16.6 Å². The van der Waals surface area contributed by atoms with E-state index in [-0.39, 0.29) is 5.88 Å². The molecule has 0 bridgehead atoms. The standard InChI is InChI=1S/C7H7BrN2O/c8-4-1-2-9-5-3-6(11)10-7(4)5/h3,10-11H,1-2H2. The van der Waals surface area contributed by atoms with Gasteiger partial charge >= 0.3 is 0 Å². The van der Waals surface area contributed by atoms with Gasteiger partial charge in [0, 0.05) is 23.5 Å². The molecule has 0 radical (unpaired) electrons. The summed E-state index contributed by atoms with van der Waals surface area (Å²) in [5, 5.41) is 10.9. The predicted octanol–water partition coefficient (Wildman–Crippen LogP) is 0.247. The molecule has 2 rings (SSSR count). The minimum absolute atomic E-state index is 0.178. The lowest BCUT2D eigenvalue weighted by atomic mass is 10.3. The van der Waals surface area contributed by atoms with E-state index in [1.165, 1.54) is 0 Å². The van der Waals surface area contributed by atoms with E-state index in [4.69, 9.17) is 5.11 Å². The van der Waals surface area contributed by atoms with Gasteiger partial charge in [-0.25, -0.2) is 0 Å². The third kappa shape index (κ3) is 1.07. The number of aromatic nitrogens is 1. The van der Waals surface area contributed by atoms with Gasteiger partial charge in [0.2, 0.25) is 0 Å². The summed E-state index contributed by atoms with van der Waals surface area (Å²) in [5.74, 6) is 0.178. The van der Waals surface area contributed by atoms with Crippen LogP contribution in [-0.2, 0) is 0 Å². The highest BCUT2D eigenvalue weighted by Crippen LogP contribution is 2.10. The van der Waals surface area contributed by atoms with Gasteiger partial charge in [0.05, 0.1) is 10.7 Å². The quantitative estimate of drug-likeness (QED) is 0.640. The largest absolute Gasteiger partial charge is 0.495 e. The van der Waals surface area contributed by atoms with Crippen molar-refractivity contribution in [1.29, 1.82) is 0 Å². The first-order chi connectivity index (χ1) is 5.27. The summed E-state index contributed by atoms with van der Waals surface area (Å²) in [6.07, 6.45) is 0.910. The van der Waals surface area contributed by atoms with Crippen molar-refractivity contribution in [2.45, 2.75) is 6.42 Å². The molecule has 1 aliphatic rings. The zero-order chi connectivity index (χ0) is 7.84. The first-order valence-corrected chi connectivity index (χ1v) is 4.18. The molecule has 58 valence electrons. The second-order valence-electron chi connectivity index (χ2n) is 2.45. The molecule has 0 spiro atoms. The number of halogens is 1. The summed E-state index contributed by atoms with van der Waals surface area (Å²) < 4.78 is 1.09. The van der Waals surface area contributed by atoms with E-state index in [1.807, 2.05) is 0 Å². The SMILES string of the molecule is Oc1cc2c([nH]1)=C(Br)CCN=2. The fourth-order valence-corrected chi connectivity index (χ4v) is 1.64. The van der Waals surface area contributed by atoms with E-state index in [0.29, 0.717) is 0 Å². The van der Waals surface area contributed by atoms with Crippen LogP contribution in [0.4, 0.5) is 0 Å². The molecule has 2 heterocycles. The van der Waals surface area contributed by atoms with Gasteiger partial charge in [-0.1, -0.05) is 15.9 Å². The van der Waals surface area contributed by atoms with Crippen LogP contribution in [0.1, 0.15) is 6.42 Å². The smallest absolute Gasteiger partial charge is 0.190 e. The summed E-state index contributed by atoms with van der Waals surface area (Å²) in [7, 11) is 0. The molecule has 11 heavy (non-hydrogen) atoms. The maximum atomic E-state index is 9.09. The summed E-state index contributed by atoms with van der Waals surface area (Å²) in [6.45, 7) is 0.797. The van der Waals surface area contributed by atoms with Crippen LogP contribution in [0.3, 0.4) is 0 Å². The van der Waals surface area contributed by atoms with Crippen LogP contribution in [0.5, 0.6) is 5.88 Å². The van der Waals surface area contributed by atoms with Gasteiger partial charge in [-0.3, -0.25) is 4.99 Å². The van der Waals surface area contributed by atoms with E-state index in [0.717, 1.165) is 28.2 Å². The van der Waals surface area contributed by atoms with Crippen molar-refractivity contribution in [2.24, 2.45) is 4.99 Å². The lowest BCUT2D eigenvalue weighted by Gasteiger charge is -1.98. The van der Waals surface area contributed by atoms with Gasteiger partial charge in [-0.15, -0.1) is 0 Å². The van der Waals surface area contributed by atoms with Gasteiger partial charge < -0.3 is 10.1 Å². The molecule has 1 aromatic rings. The number of hydrogen-bond acceptors (Lipinski definition) is 2. The number of aromatic amines is 1. The lowest BCUT2D eigenvalue weighted by molar-refractivity contribution is 0.456. The number of fused-ring (bicyclic) bond motifs is 1. The minimum Gasteiger partial charge on any atom is -0.495 e. The Bertz CT molecular complexity index is 393. The van der Waals surface area contributed by atoms with Crippen LogP contribution in [0.2, 0.25) is 0 Å². The van der Waals surface area contributed by atoms with Crippen molar-refractivity contribution in [2.75, 3.05) is 6.54 Å². The van der Waals surface area contributed by atoms with E-state index < -0.39 is 0 Å². The fraction of sp³-hybridized carbons (Fsp3) is 0.286. The maximum Gasteiger partial charge on any atom is 0.190 e. The maximum absolute atomic E-state index is 9.09. The highest BCUT2D eigenvalue weighted by atomic mass is 79.9. The van der Waals surface area contributed by atoms with Crippen molar-refractivity contribution < 1.29 is 5.11 Å². The topological polar surface area (TPSA) is 48.4 Å². The third-order valence-corrected chi connectivity index (χ3v) is 2.46. The minimum atomic E-state index is 0.178. The van der Waals surface area contributed by atoms with E-state index in [2.05, 4.69) is 25.9 Å². The van der Waals surface area contributed by atoms with Crippen molar-refractivity contribution in [3.63, 3.8) is 0 Å². The fourth-order valence-electron chi connectivity index (χ4n) is 1.16. The molecule has 3 nitrogen and oxygen atoms in total. The first kappa shape index (κ1) is 6.91. The van der Waals surface area contributed by atoms with Gasteiger partial charge in [-0.05, 0) is 0 Å². The first-order valence-electron chi connectivity index (χ1n) is 3.38. The molecule has 4 heteroatoms. The van der Waals surface area contributed by atoms with Gasteiger partial charge in [0.15, 0.2) is 5.88 Å². The Hall–Kier alpha value is -0.770. The molecule has 0 unspecified atom stereocenters. The van der Waals surface area contributed by atoms with E-state index in [1.54, 1.807) is 6.07 Å². The van der Waals surface area contributed by atoms with Crippen LogP contribution in [0.25, 0.3) is 4.48 Å². The molecule has 1 aliphatic heterocycles. The number of nitrogens with zero attached hydrogens (tertiary/aromatic N) is 1. The van der Waals surface area contributed by atoms with E-state index >= 15 is 0 Å². The summed E-state index contributed by atoms with van der Waals surface area (Å²) >= 11 is 3.41. The molecular weight excluding hydrogens is 208 g/mol. The van der Waals surface area contributed by atoms with Crippen molar-refractivity contribution >= 4 is 20.4 Å². The van der Waals surface area contributed by atoms with Crippen LogP contribution in [0.15, 0.2) is 11.1 Å². The zero-order valence-electron chi connectivity index (χ0n) is 5.76. The number of H-pyrrole nitrogens is 1. The summed E-state index contributed by atoms with van der Waals surface area (Å²) in [5.41, 5.74) is 0. The molecule has 0 amide bonds. The third-order valence-electron chi connectivity index (χ3n) is 1.67.